The molecule has 72 valence electrons. The van der Waals surface area contributed by atoms with Crippen LogP contribution in [0.4, 0.5) is 0 Å². The first-order valence-electron chi connectivity index (χ1n) is 4.11. The summed E-state index contributed by atoms with van der Waals surface area (Å²) >= 11 is 3.16. The van der Waals surface area contributed by atoms with E-state index in [1.165, 1.54) is 0 Å². The Morgan fingerprint density at radius 3 is 2.17 bits per heavy atom. The van der Waals surface area contributed by atoms with E-state index in [-0.39, 0.29) is 11.3 Å². The van der Waals surface area contributed by atoms with Crippen molar-refractivity contribution >= 4 is 21.9 Å². The summed E-state index contributed by atoms with van der Waals surface area (Å²) in [5.74, 6) is -0.603. The Bertz CT molecular complexity index is 160. The second kappa shape index (κ2) is 4.26. The van der Waals surface area contributed by atoms with Crippen LogP contribution in [-0.2, 0) is 4.79 Å². The first-order valence-corrected chi connectivity index (χ1v) is 5.02. The molecule has 2 unspecified atom stereocenters. The van der Waals surface area contributed by atoms with Crippen LogP contribution in [0.5, 0.6) is 0 Å². The van der Waals surface area contributed by atoms with Crippen molar-refractivity contribution in [3.8, 4) is 0 Å². The second-order valence-corrected chi connectivity index (χ2v) is 5.47. The van der Waals surface area contributed by atoms with E-state index in [2.05, 4.69) is 36.7 Å². The van der Waals surface area contributed by atoms with Gasteiger partial charge in [0.1, 0.15) is 4.83 Å². The topological polar surface area (TPSA) is 37.3 Å². The molecule has 0 amide bonds. The molecule has 0 aliphatic carbocycles. The Labute approximate surface area is 82.5 Å². The van der Waals surface area contributed by atoms with Gasteiger partial charge in [0.05, 0.1) is 0 Å². The van der Waals surface area contributed by atoms with Crippen molar-refractivity contribution in [3.63, 3.8) is 0 Å². The summed E-state index contributed by atoms with van der Waals surface area (Å²) in [6.45, 7) is 8.31. The van der Waals surface area contributed by atoms with Crippen molar-refractivity contribution in [1.82, 2.24) is 0 Å². The van der Waals surface area contributed by atoms with Crippen molar-refractivity contribution in [2.45, 2.75) is 38.9 Å². The van der Waals surface area contributed by atoms with Gasteiger partial charge in [-0.25, -0.2) is 0 Å². The zero-order valence-electron chi connectivity index (χ0n) is 8.10. The number of hydrogen-bond donors (Lipinski definition) is 1. The van der Waals surface area contributed by atoms with E-state index >= 15 is 0 Å². The number of hydrogen-bond acceptors (Lipinski definition) is 1. The number of rotatable bonds is 3. The van der Waals surface area contributed by atoms with Crippen LogP contribution < -0.4 is 0 Å². The third-order valence-electron chi connectivity index (χ3n) is 1.67. The van der Waals surface area contributed by atoms with E-state index in [0.29, 0.717) is 0 Å². The molecule has 0 fully saturated rings. The molecule has 0 aliphatic heterocycles. The smallest absolute Gasteiger partial charge is 0.317 e. The Kier molecular flexibility index (Phi) is 4.24. The molecular weight excluding hydrogens is 220 g/mol. The quantitative estimate of drug-likeness (QED) is 0.766. The summed E-state index contributed by atoms with van der Waals surface area (Å²) in [7, 11) is 0. The SMILES string of the molecule is CC(CC(C)(C)C)C(Br)C(=O)O. The molecule has 0 saturated heterocycles. The van der Waals surface area contributed by atoms with Gasteiger partial charge in [-0.3, -0.25) is 4.79 Å². The van der Waals surface area contributed by atoms with Gasteiger partial charge in [-0.1, -0.05) is 43.6 Å². The van der Waals surface area contributed by atoms with E-state index in [0.717, 1.165) is 6.42 Å². The molecule has 0 saturated carbocycles. The molecule has 0 radical (unpaired) electrons. The molecule has 2 atom stereocenters. The minimum atomic E-state index is -0.772. The van der Waals surface area contributed by atoms with Crippen molar-refractivity contribution in [2.75, 3.05) is 0 Å². The lowest BCUT2D eigenvalue weighted by molar-refractivity contribution is -0.137. The molecule has 0 spiro atoms. The summed E-state index contributed by atoms with van der Waals surface area (Å²) in [4.78, 5) is 10.2. The minimum Gasteiger partial charge on any atom is -0.480 e. The molecular formula is C9H17BrO2. The van der Waals surface area contributed by atoms with Gasteiger partial charge in [0.15, 0.2) is 0 Å². The van der Waals surface area contributed by atoms with Gasteiger partial charge in [-0.15, -0.1) is 0 Å². The molecule has 12 heavy (non-hydrogen) atoms. The Morgan fingerprint density at radius 1 is 1.50 bits per heavy atom. The van der Waals surface area contributed by atoms with E-state index in [9.17, 15) is 4.79 Å². The summed E-state index contributed by atoms with van der Waals surface area (Å²) in [5.41, 5.74) is 0.195. The molecule has 2 nitrogen and oxygen atoms in total. The van der Waals surface area contributed by atoms with Gasteiger partial charge in [0, 0.05) is 0 Å². The Morgan fingerprint density at radius 2 is 1.92 bits per heavy atom. The van der Waals surface area contributed by atoms with Crippen molar-refractivity contribution in [3.05, 3.63) is 0 Å². The highest BCUT2D eigenvalue weighted by Gasteiger charge is 2.25. The van der Waals surface area contributed by atoms with Gasteiger partial charge in [-0.2, -0.15) is 0 Å². The molecule has 0 bridgehead atoms. The highest BCUT2D eigenvalue weighted by Crippen LogP contribution is 2.28. The van der Waals surface area contributed by atoms with Crippen LogP contribution in [0.1, 0.15) is 34.1 Å². The van der Waals surface area contributed by atoms with Crippen LogP contribution in [-0.4, -0.2) is 15.9 Å². The maximum atomic E-state index is 10.6. The summed E-state index contributed by atoms with van der Waals surface area (Å²) in [5, 5.41) is 8.70. The standard InChI is InChI=1S/C9H17BrO2/c1-6(5-9(2,3)4)7(10)8(11)12/h6-7H,5H2,1-4H3,(H,11,12). The maximum Gasteiger partial charge on any atom is 0.317 e. The number of halogens is 1. The Balaban J connectivity index is 4.04. The van der Waals surface area contributed by atoms with Crippen molar-refractivity contribution in [2.24, 2.45) is 11.3 Å². The van der Waals surface area contributed by atoms with Gasteiger partial charge in [0.2, 0.25) is 0 Å². The van der Waals surface area contributed by atoms with E-state index in [4.69, 9.17) is 5.11 Å². The molecule has 0 aromatic rings. The van der Waals surface area contributed by atoms with Crippen LogP contribution >= 0.6 is 15.9 Å². The van der Waals surface area contributed by atoms with Crippen LogP contribution in [0.3, 0.4) is 0 Å². The molecule has 0 aromatic heterocycles. The predicted molar refractivity (Wildman–Crippen MR) is 53.6 cm³/mol. The molecule has 1 N–H and O–H groups in total. The number of carboxylic acids is 1. The summed E-state index contributed by atoms with van der Waals surface area (Å²) in [6, 6.07) is 0. The van der Waals surface area contributed by atoms with Gasteiger partial charge >= 0.3 is 5.97 Å². The normalized spacial score (nSPS) is 17.1. The largest absolute Gasteiger partial charge is 0.480 e. The lowest BCUT2D eigenvalue weighted by Gasteiger charge is -2.24. The second-order valence-electron chi connectivity index (χ2n) is 4.48. The first-order chi connectivity index (χ1) is 5.24. The number of alkyl halides is 1. The number of carboxylic acid groups (broad SMARTS) is 1. The average molecular weight is 237 g/mol. The monoisotopic (exact) mass is 236 g/mol. The van der Waals surface area contributed by atoms with Crippen LogP contribution in [0.2, 0.25) is 0 Å². The van der Waals surface area contributed by atoms with Crippen molar-refractivity contribution < 1.29 is 9.90 Å². The summed E-state index contributed by atoms with van der Waals surface area (Å²) in [6.07, 6.45) is 0.912. The maximum absolute atomic E-state index is 10.6. The highest BCUT2D eigenvalue weighted by molar-refractivity contribution is 9.10. The van der Waals surface area contributed by atoms with Gasteiger partial charge < -0.3 is 5.11 Å². The van der Waals surface area contributed by atoms with Crippen LogP contribution in [0.15, 0.2) is 0 Å². The first kappa shape index (κ1) is 11.9. The third-order valence-corrected chi connectivity index (χ3v) is 2.96. The van der Waals surface area contributed by atoms with E-state index in [1.807, 2.05) is 6.92 Å². The van der Waals surface area contributed by atoms with Crippen molar-refractivity contribution in [1.29, 1.82) is 0 Å². The zero-order valence-corrected chi connectivity index (χ0v) is 9.68. The molecule has 0 heterocycles. The third kappa shape index (κ3) is 4.75. The van der Waals surface area contributed by atoms with E-state index < -0.39 is 10.8 Å². The number of carbonyl (C=O) groups is 1. The fraction of sp³-hybridized carbons (Fsp3) is 0.889. The van der Waals surface area contributed by atoms with Gasteiger partial charge in [-0.05, 0) is 17.8 Å². The van der Waals surface area contributed by atoms with Gasteiger partial charge in [0.25, 0.3) is 0 Å². The fourth-order valence-electron chi connectivity index (χ4n) is 1.31. The lowest BCUT2D eigenvalue weighted by Crippen LogP contribution is -2.25. The highest BCUT2D eigenvalue weighted by atomic mass is 79.9. The van der Waals surface area contributed by atoms with E-state index in [1.54, 1.807) is 0 Å². The molecule has 0 aromatic carbocycles. The van der Waals surface area contributed by atoms with Crippen LogP contribution in [0, 0.1) is 11.3 Å². The predicted octanol–water partition coefficient (Wildman–Crippen LogP) is 2.91. The zero-order chi connectivity index (χ0) is 9.94. The molecule has 0 rings (SSSR count). The minimum absolute atomic E-state index is 0.169. The lowest BCUT2D eigenvalue weighted by atomic mass is 9.84. The average Bonchev–Trinajstić information content (AvgIpc) is 1.82. The number of aliphatic carboxylic acids is 1. The fourth-order valence-corrected chi connectivity index (χ4v) is 1.50. The Hall–Kier alpha value is -0.0500. The summed E-state index contributed by atoms with van der Waals surface area (Å²) < 4.78 is 0. The molecule has 3 heteroatoms. The van der Waals surface area contributed by atoms with Crippen LogP contribution in [0.25, 0.3) is 0 Å². The molecule has 0 aliphatic rings.